The van der Waals surface area contributed by atoms with Gasteiger partial charge >= 0.3 is 0 Å². The largest absolute Gasteiger partial charge is 0.389 e. The van der Waals surface area contributed by atoms with Gasteiger partial charge in [0.05, 0.1) is 6.10 Å². The van der Waals surface area contributed by atoms with Gasteiger partial charge in [-0.25, -0.2) is 0 Å². The fourth-order valence-corrected chi connectivity index (χ4v) is 6.96. The highest BCUT2D eigenvalue weighted by Crippen LogP contribution is 2.66. The molecule has 0 aromatic carbocycles. The molecule has 3 saturated carbocycles. The molecule has 0 saturated heterocycles. The van der Waals surface area contributed by atoms with E-state index in [-0.39, 0.29) is 11.2 Å². The second kappa shape index (κ2) is 5.44. The minimum Gasteiger partial charge on any atom is -0.389 e. The van der Waals surface area contributed by atoms with Crippen LogP contribution in [-0.4, -0.2) is 27.7 Å². The van der Waals surface area contributed by atoms with Crippen LogP contribution in [-0.2, 0) is 4.79 Å². The number of rotatable bonds is 1. The molecule has 3 heteroatoms. The molecule has 0 aromatic heterocycles. The minimum absolute atomic E-state index is 0.167. The Kier molecular flexibility index (Phi) is 3.71. The molecule has 2 N–H and O–H groups in total. The van der Waals surface area contributed by atoms with Crippen LogP contribution in [0.1, 0.15) is 58.3 Å². The summed E-state index contributed by atoms with van der Waals surface area (Å²) in [4.78, 5) is 11.8. The number of aliphatic hydroxyl groups excluding tert-OH is 1. The number of aliphatic hydroxyl groups is 2. The summed E-state index contributed by atoms with van der Waals surface area (Å²) < 4.78 is 0. The lowest BCUT2D eigenvalue weighted by atomic mass is 9.49. The molecule has 3 nitrogen and oxygen atoms in total. The lowest BCUT2D eigenvalue weighted by Gasteiger charge is -2.56. The zero-order chi connectivity index (χ0) is 17.1. The maximum absolute atomic E-state index is 11.8. The molecule has 130 valence electrons. The molecule has 4 rings (SSSR count). The van der Waals surface area contributed by atoms with Gasteiger partial charge in [0.1, 0.15) is 5.60 Å². The number of terminal acetylenes is 1. The van der Waals surface area contributed by atoms with Crippen LogP contribution >= 0.6 is 0 Å². The van der Waals surface area contributed by atoms with Crippen molar-refractivity contribution in [2.45, 2.75) is 70.0 Å². The number of carbonyl (C=O) groups is 1. The van der Waals surface area contributed by atoms with Crippen molar-refractivity contribution in [3.63, 3.8) is 0 Å². The molecule has 7 atom stereocenters. The number of hydrogen-bond donors (Lipinski definition) is 2. The normalized spacial score (nSPS) is 50.3. The van der Waals surface area contributed by atoms with E-state index < -0.39 is 11.7 Å². The average molecular weight is 328 g/mol. The Hall–Kier alpha value is -1.11. The summed E-state index contributed by atoms with van der Waals surface area (Å²) in [6.45, 7) is 2.16. The predicted molar refractivity (Wildman–Crippen MR) is 91.9 cm³/mol. The van der Waals surface area contributed by atoms with E-state index in [2.05, 4.69) is 12.8 Å². The van der Waals surface area contributed by atoms with Crippen molar-refractivity contribution >= 4 is 5.78 Å². The molecular formula is C21H28O3. The van der Waals surface area contributed by atoms with Gasteiger partial charge in [0.25, 0.3) is 0 Å². The summed E-state index contributed by atoms with van der Waals surface area (Å²) in [5, 5.41) is 21.8. The van der Waals surface area contributed by atoms with E-state index in [1.54, 1.807) is 6.08 Å². The van der Waals surface area contributed by atoms with Gasteiger partial charge in [0.2, 0.25) is 0 Å². The van der Waals surface area contributed by atoms with Gasteiger partial charge in [-0.05, 0) is 80.3 Å². The van der Waals surface area contributed by atoms with E-state index in [1.807, 2.05) is 0 Å². The lowest BCUT2D eigenvalue weighted by molar-refractivity contribution is -0.119. The average Bonchev–Trinajstić information content (AvgIpc) is 2.89. The Morgan fingerprint density at radius 1 is 1.29 bits per heavy atom. The Morgan fingerprint density at radius 2 is 2.08 bits per heavy atom. The van der Waals surface area contributed by atoms with Gasteiger partial charge in [-0.2, -0.15) is 0 Å². The minimum atomic E-state index is -0.985. The molecular weight excluding hydrogens is 300 g/mol. The zero-order valence-corrected chi connectivity index (χ0v) is 14.5. The van der Waals surface area contributed by atoms with Gasteiger partial charge in [-0.15, -0.1) is 6.42 Å². The van der Waals surface area contributed by atoms with E-state index in [0.717, 1.165) is 44.1 Å². The first-order valence-corrected chi connectivity index (χ1v) is 9.58. The SMILES string of the molecule is C#CC1(O)CC[C@H]2[C@@H]3C[C@@H](O)C4=CC(=O)CC[C@@H]4[C@H]3CC[C@@]21CC. The number of hydrogen-bond acceptors (Lipinski definition) is 3. The third kappa shape index (κ3) is 1.96. The topological polar surface area (TPSA) is 57.5 Å². The van der Waals surface area contributed by atoms with Crippen molar-refractivity contribution < 1.29 is 15.0 Å². The number of fused-ring (bicyclic) bond motifs is 5. The molecule has 0 heterocycles. The van der Waals surface area contributed by atoms with E-state index in [9.17, 15) is 15.0 Å². The Bertz CT molecular complexity index is 629. The maximum atomic E-state index is 11.8. The fourth-order valence-electron chi connectivity index (χ4n) is 6.96. The fraction of sp³-hybridized carbons (Fsp3) is 0.762. The second-order valence-corrected chi connectivity index (χ2v) is 8.53. The first kappa shape index (κ1) is 16.4. The Balaban J connectivity index is 1.71. The first-order chi connectivity index (χ1) is 11.5. The molecule has 0 aromatic rings. The molecule has 3 fully saturated rings. The third-order valence-corrected chi connectivity index (χ3v) is 8.07. The summed E-state index contributed by atoms with van der Waals surface area (Å²) in [5.74, 6) is 4.62. The molecule has 4 aliphatic rings. The Morgan fingerprint density at radius 3 is 2.79 bits per heavy atom. The second-order valence-electron chi connectivity index (χ2n) is 8.53. The first-order valence-electron chi connectivity index (χ1n) is 9.58. The highest BCUT2D eigenvalue weighted by atomic mass is 16.3. The van der Waals surface area contributed by atoms with E-state index >= 15 is 0 Å². The molecule has 0 spiro atoms. The third-order valence-electron chi connectivity index (χ3n) is 8.07. The summed E-state index contributed by atoms with van der Waals surface area (Å²) in [6.07, 6.45) is 13.8. The summed E-state index contributed by atoms with van der Waals surface area (Å²) in [6, 6.07) is 0. The van der Waals surface area contributed by atoms with Crippen molar-refractivity contribution in [1.29, 1.82) is 0 Å². The van der Waals surface area contributed by atoms with Gasteiger partial charge in [0, 0.05) is 11.8 Å². The maximum Gasteiger partial charge on any atom is 0.155 e. The van der Waals surface area contributed by atoms with Gasteiger partial charge < -0.3 is 10.2 Å². The van der Waals surface area contributed by atoms with Crippen LogP contribution in [0.15, 0.2) is 11.6 Å². The Labute approximate surface area is 144 Å². The van der Waals surface area contributed by atoms with Crippen LogP contribution in [0.4, 0.5) is 0 Å². The highest BCUT2D eigenvalue weighted by Gasteiger charge is 2.64. The predicted octanol–water partition coefficient (Wildman–Crippen LogP) is 2.85. The van der Waals surface area contributed by atoms with Crippen molar-refractivity contribution in [2.75, 3.05) is 0 Å². The van der Waals surface area contributed by atoms with E-state index in [1.165, 1.54) is 0 Å². The summed E-state index contributed by atoms with van der Waals surface area (Å²) in [7, 11) is 0. The zero-order valence-electron chi connectivity index (χ0n) is 14.5. The van der Waals surface area contributed by atoms with Crippen LogP contribution in [0, 0.1) is 41.4 Å². The number of carbonyl (C=O) groups excluding carboxylic acids is 1. The van der Waals surface area contributed by atoms with Crippen molar-refractivity contribution in [3.05, 3.63) is 11.6 Å². The quantitative estimate of drug-likeness (QED) is 0.728. The molecule has 4 aliphatic carbocycles. The van der Waals surface area contributed by atoms with Crippen LogP contribution in [0.25, 0.3) is 0 Å². The molecule has 1 unspecified atom stereocenters. The van der Waals surface area contributed by atoms with Crippen LogP contribution in [0.5, 0.6) is 0 Å². The van der Waals surface area contributed by atoms with Gasteiger partial charge in [0.15, 0.2) is 5.78 Å². The summed E-state index contributed by atoms with van der Waals surface area (Å²) >= 11 is 0. The van der Waals surface area contributed by atoms with Crippen LogP contribution in [0.2, 0.25) is 0 Å². The molecule has 0 amide bonds. The van der Waals surface area contributed by atoms with Crippen LogP contribution in [0.3, 0.4) is 0 Å². The number of ketones is 1. The van der Waals surface area contributed by atoms with E-state index in [0.29, 0.717) is 36.5 Å². The van der Waals surface area contributed by atoms with Crippen molar-refractivity contribution in [1.82, 2.24) is 0 Å². The molecule has 24 heavy (non-hydrogen) atoms. The standard InChI is InChI=1S/C21H28O3/c1-3-20-9-7-15-14-6-5-13(22)11-17(14)19(23)12-16(15)18(20)8-10-21(20,24)4-2/h2,11,14-16,18-19,23-24H,3,5-10,12H2,1H3/t14-,15-,16-,18+,19-,20+,21?/m1/s1. The molecule has 0 bridgehead atoms. The van der Waals surface area contributed by atoms with Crippen LogP contribution < -0.4 is 0 Å². The molecule has 0 aliphatic heterocycles. The van der Waals surface area contributed by atoms with Crippen molar-refractivity contribution in [2.24, 2.45) is 29.1 Å². The molecule has 0 radical (unpaired) electrons. The van der Waals surface area contributed by atoms with Crippen molar-refractivity contribution in [3.8, 4) is 12.3 Å². The van der Waals surface area contributed by atoms with Gasteiger partial charge in [-0.1, -0.05) is 12.8 Å². The van der Waals surface area contributed by atoms with Gasteiger partial charge in [-0.3, -0.25) is 4.79 Å². The lowest BCUT2D eigenvalue weighted by Crippen LogP contribution is -2.55. The highest BCUT2D eigenvalue weighted by molar-refractivity contribution is 5.91. The smallest absolute Gasteiger partial charge is 0.155 e. The summed E-state index contributed by atoms with van der Waals surface area (Å²) in [5.41, 5.74) is -0.184. The monoisotopic (exact) mass is 328 g/mol. The van der Waals surface area contributed by atoms with E-state index in [4.69, 9.17) is 6.42 Å².